The Bertz CT molecular complexity index is 961. The molecule has 2 unspecified atom stereocenters. The molecule has 0 saturated carbocycles. The highest BCUT2D eigenvalue weighted by atomic mass is 16.5. The minimum Gasteiger partial charge on any atom is -0.480 e. The van der Waals surface area contributed by atoms with Gasteiger partial charge in [0.15, 0.2) is 0 Å². The third-order valence-electron chi connectivity index (χ3n) is 6.56. The first-order valence-electron chi connectivity index (χ1n) is 12.1. The Morgan fingerprint density at radius 3 is 2.12 bits per heavy atom. The maximum atomic E-state index is 12.3. The molecule has 34 heavy (non-hydrogen) atoms. The smallest absolute Gasteiger partial charge is 0.407 e. The van der Waals surface area contributed by atoms with E-state index in [1.165, 1.54) is 22.3 Å². The van der Waals surface area contributed by atoms with Gasteiger partial charge in [-0.3, -0.25) is 4.79 Å². The number of nitrogens with one attached hydrogen (secondary N) is 2. The molecule has 182 valence electrons. The first kappa shape index (κ1) is 25.3. The first-order valence-corrected chi connectivity index (χ1v) is 12.1. The van der Waals surface area contributed by atoms with Crippen molar-refractivity contribution in [3.05, 3.63) is 59.7 Å². The van der Waals surface area contributed by atoms with E-state index in [0.717, 1.165) is 12.8 Å². The molecule has 3 N–H and O–H groups in total. The molecule has 0 aliphatic heterocycles. The molecule has 0 fully saturated rings. The fourth-order valence-corrected chi connectivity index (χ4v) is 4.52. The van der Waals surface area contributed by atoms with Crippen LogP contribution in [0, 0.1) is 5.92 Å². The monoisotopic (exact) mass is 466 g/mol. The molecule has 0 spiro atoms. The van der Waals surface area contributed by atoms with Gasteiger partial charge >= 0.3 is 12.1 Å². The van der Waals surface area contributed by atoms with Crippen LogP contribution in [0.15, 0.2) is 48.5 Å². The molecule has 3 rings (SSSR count). The third-order valence-corrected chi connectivity index (χ3v) is 6.56. The number of carboxylic acids is 1. The van der Waals surface area contributed by atoms with Gasteiger partial charge in [0.25, 0.3) is 0 Å². The second kappa shape index (κ2) is 12.2. The van der Waals surface area contributed by atoms with Gasteiger partial charge in [-0.25, -0.2) is 9.59 Å². The van der Waals surface area contributed by atoms with E-state index in [9.17, 15) is 14.4 Å². The van der Waals surface area contributed by atoms with Gasteiger partial charge in [-0.15, -0.1) is 0 Å². The van der Waals surface area contributed by atoms with E-state index >= 15 is 0 Å². The summed E-state index contributed by atoms with van der Waals surface area (Å²) in [6, 6.07) is 15.6. The SMILES string of the molecule is CCC(CCNC(=O)OCC1c2ccccc2-c2ccccc21)CCC(=O)NC(CC)C(=O)O. The number of benzene rings is 2. The lowest BCUT2D eigenvalue weighted by molar-refractivity contribution is -0.141. The number of carbonyl (C=O) groups is 3. The lowest BCUT2D eigenvalue weighted by Crippen LogP contribution is -2.40. The number of hydrogen-bond acceptors (Lipinski definition) is 4. The van der Waals surface area contributed by atoms with Crippen LogP contribution in [0.1, 0.15) is 63.0 Å². The summed E-state index contributed by atoms with van der Waals surface area (Å²) in [4.78, 5) is 35.4. The molecule has 2 amide bonds. The van der Waals surface area contributed by atoms with Gasteiger partial charge in [0, 0.05) is 18.9 Å². The van der Waals surface area contributed by atoms with Crippen molar-refractivity contribution in [2.75, 3.05) is 13.2 Å². The van der Waals surface area contributed by atoms with E-state index in [2.05, 4.69) is 34.9 Å². The van der Waals surface area contributed by atoms with Crippen LogP contribution < -0.4 is 10.6 Å². The van der Waals surface area contributed by atoms with E-state index < -0.39 is 18.1 Å². The average molecular weight is 467 g/mol. The maximum absolute atomic E-state index is 12.3. The number of rotatable bonds is 12. The molecule has 7 heteroatoms. The van der Waals surface area contributed by atoms with Crippen LogP contribution in [-0.2, 0) is 14.3 Å². The van der Waals surface area contributed by atoms with Crippen LogP contribution in [0.3, 0.4) is 0 Å². The van der Waals surface area contributed by atoms with Crippen LogP contribution in [0.4, 0.5) is 4.79 Å². The van der Waals surface area contributed by atoms with Crippen LogP contribution in [0.5, 0.6) is 0 Å². The average Bonchev–Trinajstić information content (AvgIpc) is 3.16. The number of ether oxygens (including phenoxy) is 1. The van der Waals surface area contributed by atoms with Crippen LogP contribution in [-0.4, -0.2) is 42.3 Å². The second-order valence-corrected chi connectivity index (χ2v) is 8.72. The van der Waals surface area contributed by atoms with Gasteiger partial charge < -0.3 is 20.5 Å². The number of aliphatic carboxylic acids is 1. The fourth-order valence-electron chi connectivity index (χ4n) is 4.52. The molecule has 7 nitrogen and oxygen atoms in total. The summed E-state index contributed by atoms with van der Waals surface area (Å²) in [5.41, 5.74) is 4.73. The van der Waals surface area contributed by atoms with Crippen molar-refractivity contribution in [3.63, 3.8) is 0 Å². The molecular weight excluding hydrogens is 432 g/mol. The highest BCUT2D eigenvalue weighted by Gasteiger charge is 2.29. The van der Waals surface area contributed by atoms with Crippen molar-refractivity contribution in [3.8, 4) is 11.1 Å². The first-order chi connectivity index (χ1) is 16.4. The Balaban J connectivity index is 1.41. The van der Waals surface area contributed by atoms with Crippen molar-refractivity contribution in [2.45, 2.75) is 57.9 Å². The van der Waals surface area contributed by atoms with Crippen LogP contribution in [0.25, 0.3) is 11.1 Å². The largest absolute Gasteiger partial charge is 0.480 e. The molecule has 1 aliphatic carbocycles. The number of carboxylic acid groups (broad SMARTS) is 1. The summed E-state index contributed by atoms with van der Waals surface area (Å²) < 4.78 is 5.56. The Hall–Kier alpha value is -3.35. The summed E-state index contributed by atoms with van der Waals surface area (Å²) in [6.07, 6.45) is 2.42. The van der Waals surface area contributed by atoms with E-state index in [4.69, 9.17) is 9.84 Å². The van der Waals surface area contributed by atoms with E-state index in [0.29, 0.717) is 19.4 Å². The summed E-state index contributed by atoms with van der Waals surface area (Å²) in [7, 11) is 0. The zero-order chi connectivity index (χ0) is 24.5. The predicted molar refractivity (Wildman–Crippen MR) is 131 cm³/mol. The molecule has 0 heterocycles. The maximum Gasteiger partial charge on any atom is 0.407 e. The van der Waals surface area contributed by atoms with Gasteiger partial charge in [-0.1, -0.05) is 68.8 Å². The quantitative estimate of drug-likeness (QED) is 0.421. The number of alkyl carbamates (subject to hydrolysis) is 1. The van der Waals surface area contributed by atoms with Gasteiger partial charge in [-0.2, -0.15) is 0 Å². The Morgan fingerprint density at radius 2 is 1.56 bits per heavy atom. The third kappa shape index (κ3) is 6.37. The molecular formula is C27H34N2O5. The van der Waals surface area contributed by atoms with Crippen molar-refractivity contribution >= 4 is 18.0 Å². The lowest BCUT2D eigenvalue weighted by Gasteiger charge is -2.17. The Kier molecular flexibility index (Phi) is 9.08. The van der Waals surface area contributed by atoms with Crippen molar-refractivity contribution < 1.29 is 24.2 Å². The minimum absolute atomic E-state index is 0.0257. The van der Waals surface area contributed by atoms with Gasteiger partial charge in [-0.05, 0) is 47.4 Å². The van der Waals surface area contributed by atoms with E-state index in [1.807, 2.05) is 31.2 Å². The van der Waals surface area contributed by atoms with E-state index in [-0.39, 0.29) is 30.8 Å². The summed E-state index contributed by atoms with van der Waals surface area (Å²) >= 11 is 0. The highest BCUT2D eigenvalue weighted by Crippen LogP contribution is 2.44. The number of hydrogen-bond donors (Lipinski definition) is 3. The Labute approximate surface area is 200 Å². The summed E-state index contributed by atoms with van der Waals surface area (Å²) in [5, 5.41) is 14.4. The van der Waals surface area contributed by atoms with Crippen molar-refractivity contribution in [1.29, 1.82) is 0 Å². The van der Waals surface area contributed by atoms with Crippen LogP contribution in [0.2, 0.25) is 0 Å². The highest BCUT2D eigenvalue weighted by molar-refractivity contribution is 5.83. The van der Waals surface area contributed by atoms with E-state index in [1.54, 1.807) is 6.92 Å². The van der Waals surface area contributed by atoms with Crippen LogP contribution >= 0.6 is 0 Å². The topological polar surface area (TPSA) is 105 Å². The fraction of sp³-hybridized carbons (Fsp3) is 0.444. The number of fused-ring (bicyclic) bond motifs is 3. The minimum atomic E-state index is -1.02. The normalized spacial score (nSPS) is 13.9. The predicted octanol–water partition coefficient (Wildman–Crippen LogP) is 4.70. The molecule has 2 aromatic carbocycles. The molecule has 1 aliphatic rings. The second-order valence-electron chi connectivity index (χ2n) is 8.72. The molecule has 0 saturated heterocycles. The van der Waals surface area contributed by atoms with Gasteiger partial charge in [0.2, 0.25) is 5.91 Å². The standard InChI is InChI=1S/C27H34N2O5/c1-3-18(13-14-25(30)29-24(4-2)26(31)32)15-16-28-27(33)34-17-23-21-11-7-5-9-19(21)20-10-6-8-12-22(20)23/h5-12,18,23-24H,3-4,13-17H2,1-2H3,(H,28,33)(H,29,30)(H,31,32). The number of carbonyl (C=O) groups excluding carboxylic acids is 2. The lowest BCUT2D eigenvalue weighted by atomic mass is 9.96. The van der Waals surface area contributed by atoms with Crippen molar-refractivity contribution in [2.24, 2.45) is 5.92 Å². The molecule has 2 aromatic rings. The zero-order valence-electron chi connectivity index (χ0n) is 19.9. The molecule has 2 atom stereocenters. The summed E-state index contributed by atoms with van der Waals surface area (Å²) in [5.74, 6) is -0.991. The molecule has 0 aromatic heterocycles. The Morgan fingerprint density at radius 1 is 0.941 bits per heavy atom. The zero-order valence-corrected chi connectivity index (χ0v) is 19.9. The van der Waals surface area contributed by atoms with Gasteiger partial charge in [0.05, 0.1) is 0 Å². The molecule has 0 bridgehead atoms. The van der Waals surface area contributed by atoms with Crippen molar-refractivity contribution in [1.82, 2.24) is 10.6 Å². The number of amides is 2. The molecule has 0 radical (unpaired) electrons. The van der Waals surface area contributed by atoms with Gasteiger partial charge in [0.1, 0.15) is 12.6 Å². The summed E-state index contributed by atoms with van der Waals surface area (Å²) in [6.45, 7) is 4.51.